The minimum absolute atomic E-state index is 0.514. The molecule has 1 atom stereocenters. The summed E-state index contributed by atoms with van der Waals surface area (Å²) >= 11 is 11.7. The van der Waals surface area contributed by atoms with Gasteiger partial charge in [0.25, 0.3) is 0 Å². The molecule has 0 saturated carbocycles. The second-order valence-electron chi connectivity index (χ2n) is 3.77. The number of halogens is 2. The van der Waals surface area contributed by atoms with Crippen molar-refractivity contribution in [2.24, 2.45) is 0 Å². The number of aliphatic hydroxyl groups is 1. The predicted octanol–water partition coefficient (Wildman–Crippen LogP) is 2.69. The number of hydrogen-bond donors (Lipinski definition) is 1. The molecule has 1 unspecified atom stereocenters. The first-order chi connectivity index (χ1) is 8.06. The van der Waals surface area contributed by atoms with Gasteiger partial charge in [0, 0.05) is 0 Å². The van der Waals surface area contributed by atoms with Gasteiger partial charge in [0.05, 0.1) is 28.9 Å². The minimum atomic E-state index is -0.613. The normalized spacial score (nSPS) is 12.7. The summed E-state index contributed by atoms with van der Waals surface area (Å²) in [6.07, 6.45) is 1.09. The summed E-state index contributed by atoms with van der Waals surface area (Å²) < 4.78 is 1.64. The molecule has 1 heterocycles. The zero-order valence-corrected chi connectivity index (χ0v) is 10.7. The third-order valence-electron chi connectivity index (χ3n) is 2.31. The lowest BCUT2D eigenvalue weighted by atomic mass is 10.2. The maximum Gasteiger partial charge on any atom is 0.111 e. The quantitative estimate of drug-likeness (QED) is 0.934. The SMILES string of the molecule is CC(O)c1cn(Cc2ccc(Cl)c(Cl)c2)nn1. The second-order valence-corrected chi connectivity index (χ2v) is 4.58. The van der Waals surface area contributed by atoms with Crippen molar-refractivity contribution in [1.82, 2.24) is 15.0 Å². The fourth-order valence-corrected chi connectivity index (χ4v) is 1.73. The topological polar surface area (TPSA) is 50.9 Å². The third kappa shape index (κ3) is 2.97. The molecule has 0 fully saturated rings. The lowest BCUT2D eigenvalue weighted by molar-refractivity contribution is 0.194. The Labute approximate surface area is 109 Å². The molecular weight excluding hydrogens is 261 g/mol. The molecule has 90 valence electrons. The van der Waals surface area contributed by atoms with Gasteiger partial charge in [-0.15, -0.1) is 5.10 Å². The Kier molecular flexibility index (Phi) is 3.66. The van der Waals surface area contributed by atoms with Gasteiger partial charge in [-0.3, -0.25) is 0 Å². The van der Waals surface area contributed by atoms with E-state index < -0.39 is 6.10 Å². The fraction of sp³-hybridized carbons (Fsp3) is 0.273. The molecule has 0 radical (unpaired) electrons. The summed E-state index contributed by atoms with van der Waals surface area (Å²) in [5, 5.41) is 18.1. The molecular formula is C11H11Cl2N3O. The van der Waals surface area contributed by atoms with Crippen molar-refractivity contribution < 1.29 is 5.11 Å². The summed E-state index contributed by atoms with van der Waals surface area (Å²) in [6, 6.07) is 5.40. The van der Waals surface area contributed by atoms with Crippen molar-refractivity contribution in [2.45, 2.75) is 19.6 Å². The fourth-order valence-electron chi connectivity index (χ4n) is 1.41. The molecule has 0 aliphatic heterocycles. The lowest BCUT2D eigenvalue weighted by Gasteiger charge is -2.02. The Morgan fingerprint density at radius 1 is 1.35 bits per heavy atom. The van der Waals surface area contributed by atoms with E-state index in [-0.39, 0.29) is 0 Å². The second kappa shape index (κ2) is 5.04. The van der Waals surface area contributed by atoms with Gasteiger partial charge in [-0.2, -0.15) is 0 Å². The first-order valence-electron chi connectivity index (χ1n) is 5.08. The van der Waals surface area contributed by atoms with Gasteiger partial charge < -0.3 is 5.11 Å². The standard InChI is InChI=1S/C11H11Cl2N3O/c1-7(17)11-6-16(15-14-11)5-8-2-3-9(12)10(13)4-8/h2-4,6-7,17H,5H2,1H3. The van der Waals surface area contributed by atoms with Gasteiger partial charge in [-0.1, -0.05) is 34.5 Å². The summed E-state index contributed by atoms with van der Waals surface area (Å²) in [5.41, 5.74) is 1.52. The molecule has 17 heavy (non-hydrogen) atoms. The number of aromatic nitrogens is 3. The molecule has 0 spiro atoms. The van der Waals surface area contributed by atoms with E-state index in [1.165, 1.54) is 0 Å². The zero-order chi connectivity index (χ0) is 12.4. The first-order valence-corrected chi connectivity index (χ1v) is 5.84. The van der Waals surface area contributed by atoms with Gasteiger partial charge in [-0.25, -0.2) is 4.68 Å². The molecule has 2 aromatic rings. The van der Waals surface area contributed by atoms with Crippen LogP contribution in [0.3, 0.4) is 0 Å². The van der Waals surface area contributed by atoms with Crippen LogP contribution in [-0.2, 0) is 6.54 Å². The number of nitrogens with zero attached hydrogens (tertiary/aromatic N) is 3. The highest BCUT2D eigenvalue weighted by atomic mass is 35.5. The van der Waals surface area contributed by atoms with E-state index in [0.29, 0.717) is 22.3 Å². The Balaban J connectivity index is 2.16. The molecule has 0 aliphatic rings. The summed E-state index contributed by atoms with van der Waals surface area (Å²) in [4.78, 5) is 0. The van der Waals surface area contributed by atoms with Crippen molar-refractivity contribution >= 4 is 23.2 Å². The van der Waals surface area contributed by atoms with Crippen LogP contribution in [0, 0.1) is 0 Å². The van der Waals surface area contributed by atoms with Crippen LogP contribution in [0.25, 0.3) is 0 Å². The number of aliphatic hydroxyl groups excluding tert-OH is 1. The maximum absolute atomic E-state index is 9.33. The Bertz CT molecular complexity index is 525. The van der Waals surface area contributed by atoms with Crippen LogP contribution >= 0.6 is 23.2 Å². The average Bonchev–Trinajstić information content (AvgIpc) is 2.72. The Hall–Kier alpha value is -1.10. The van der Waals surface area contributed by atoms with Crippen molar-refractivity contribution in [1.29, 1.82) is 0 Å². The highest BCUT2D eigenvalue weighted by molar-refractivity contribution is 6.42. The molecule has 0 saturated heterocycles. The van der Waals surface area contributed by atoms with E-state index >= 15 is 0 Å². The number of benzene rings is 1. The molecule has 1 N–H and O–H groups in total. The van der Waals surface area contributed by atoms with Crippen molar-refractivity contribution in [3.8, 4) is 0 Å². The van der Waals surface area contributed by atoms with E-state index in [2.05, 4.69) is 10.3 Å². The van der Waals surface area contributed by atoms with Crippen LogP contribution in [0.2, 0.25) is 10.0 Å². The molecule has 4 nitrogen and oxygen atoms in total. The van der Waals surface area contributed by atoms with Crippen LogP contribution < -0.4 is 0 Å². The van der Waals surface area contributed by atoms with Crippen LogP contribution in [0.5, 0.6) is 0 Å². The maximum atomic E-state index is 9.33. The van der Waals surface area contributed by atoms with E-state index in [4.69, 9.17) is 23.2 Å². The monoisotopic (exact) mass is 271 g/mol. The van der Waals surface area contributed by atoms with Crippen LogP contribution in [0.15, 0.2) is 24.4 Å². The van der Waals surface area contributed by atoms with Crippen molar-refractivity contribution in [2.75, 3.05) is 0 Å². The smallest absolute Gasteiger partial charge is 0.111 e. The third-order valence-corrected chi connectivity index (χ3v) is 3.05. The van der Waals surface area contributed by atoms with Gasteiger partial charge in [0.2, 0.25) is 0 Å². The van der Waals surface area contributed by atoms with Crippen molar-refractivity contribution in [3.05, 3.63) is 45.7 Å². The summed E-state index contributed by atoms with van der Waals surface area (Å²) in [7, 11) is 0. The molecule has 0 bridgehead atoms. The molecule has 2 rings (SSSR count). The van der Waals surface area contributed by atoms with E-state index in [0.717, 1.165) is 5.56 Å². The number of rotatable bonds is 3. The van der Waals surface area contributed by atoms with E-state index in [9.17, 15) is 5.11 Å². The highest BCUT2D eigenvalue weighted by Crippen LogP contribution is 2.22. The van der Waals surface area contributed by atoms with E-state index in [1.807, 2.05) is 6.07 Å². The molecule has 0 amide bonds. The van der Waals surface area contributed by atoms with Crippen LogP contribution in [-0.4, -0.2) is 20.1 Å². The summed E-state index contributed by atoms with van der Waals surface area (Å²) in [6.45, 7) is 2.18. The molecule has 1 aromatic carbocycles. The first kappa shape index (κ1) is 12.4. The van der Waals surface area contributed by atoms with Gasteiger partial charge in [0.1, 0.15) is 5.69 Å². The van der Waals surface area contributed by atoms with Crippen molar-refractivity contribution in [3.63, 3.8) is 0 Å². The zero-order valence-electron chi connectivity index (χ0n) is 9.14. The summed E-state index contributed by atoms with van der Waals surface area (Å²) in [5.74, 6) is 0. The molecule has 6 heteroatoms. The van der Waals surface area contributed by atoms with Gasteiger partial charge in [0.15, 0.2) is 0 Å². The van der Waals surface area contributed by atoms with Gasteiger partial charge >= 0.3 is 0 Å². The molecule has 0 aliphatic carbocycles. The highest BCUT2D eigenvalue weighted by Gasteiger charge is 2.07. The Morgan fingerprint density at radius 2 is 2.12 bits per heavy atom. The largest absolute Gasteiger partial charge is 0.387 e. The van der Waals surface area contributed by atoms with Crippen LogP contribution in [0.4, 0.5) is 0 Å². The number of hydrogen-bond acceptors (Lipinski definition) is 3. The average molecular weight is 272 g/mol. The van der Waals surface area contributed by atoms with E-state index in [1.54, 1.807) is 29.9 Å². The van der Waals surface area contributed by atoms with Crippen LogP contribution in [0.1, 0.15) is 24.3 Å². The lowest BCUT2D eigenvalue weighted by Crippen LogP contribution is -2.00. The molecule has 1 aromatic heterocycles. The Morgan fingerprint density at radius 3 is 2.71 bits per heavy atom. The predicted molar refractivity (Wildman–Crippen MR) is 66.2 cm³/mol. The van der Waals surface area contributed by atoms with Gasteiger partial charge in [-0.05, 0) is 24.6 Å². The minimum Gasteiger partial charge on any atom is -0.387 e.